The summed E-state index contributed by atoms with van der Waals surface area (Å²) < 4.78 is 0. The van der Waals surface area contributed by atoms with Crippen LogP contribution in [-0.4, -0.2) is 34.2 Å². The number of hydrogen-bond donors (Lipinski definition) is 3. The van der Waals surface area contributed by atoms with Crippen LogP contribution in [0.1, 0.15) is 25.6 Å². The lowest BCUT2D eigenvalue weighted by Crippen LogP contribution is -2.48. The fraction of sp³-hybridized carbons (Fsp3) is 0.700. The molecule has 0 radical (unpaired) electrons. The van der Waals surface area contributed by atoms with Gasteiger partial charge in [-0.25, -0.2) is 4.98 Å². The van der Waals surface area contributed by atoms with Gasteiger partial charge in [-0.05, 0) is 26.3 Å². The van der Waals surface area contributed by atoms with Crippen molar-refractivity contribution in [2.24, 2.45) is 5.41 Å². The van der Waals surface area contributed by atoms with E-state index in [1.54, 1.807) is 0 Å². The van der Waals surface area contributed by atoms with Gasteiger partial charge in [0.05, 0.1) is 12.0 Å². The Hall–Kier alpha value is -1.43. The zero-order valence-corrected chi connectivity index (χ0v) is 9.42. The van der Waals surface area contributed by atoms with Crippen molar-refractivity contribution < 1.29 is 4.79 Å². The summed E-state index contributed by atoms with van der Waals surface area (Å²) in [5.41, 5.74) is -0.293. The Morgan fingerprint density at radius 1 is 1.69 bits per heavy atom. The molecule has 0 saturated carbocycles. The molecule has 1 amide bonds. The van der Waals surface area contributed by atoms with E-state index in [1.807, 2.05) is 6.92 Å². The van der Waals surface area contributed by atoms with E-state index in [0.717, 1.165) is 25.9 Å². The Balaban J connectivity index is 1.87. The normalized spacial score (nSPS) is 25.3. The lowest BCUT2D eigenvalue weighted by atomic mass is 9.82. The topological polar surface area (TPSA) is 82.7 Å². The van der Waals surface area contributed by atoms with Gasteiger partial charge in [0, 0.05) is 6.54 Å². The average molecular weight is 223 g/mol. The van der Waals surface area contributed by atoms with E-state index >= 15 is 0 Å². The van der Waals surface area contributed by atoms with Gasteiger partial charge in [-0.1, -0.05) is 0 Å². The molecule has 16 heavy (non-hydrogen) atoms. The number of hydrogen-bond acceptors (Lipinski definition) is 4. The molecule has 1 saturated heterocycles. The maximum Gasteiger partial charge on any atom is 0.227 e. The molecule has 6 heteroatoms. The van der Waals surface area contributed by atoms with Crippen LogP contribution in [0.3, 0.4) is 0 Å². The van der Waals surface area contributed by atoms with E-state index in [-0.39, 0.29) is 11.3 Å². The number of nitrogens with one attached hydrogen (secondary N) is 3. The van der Waals surface area contributed by atoms with Gasteiger partial charge in [0.15, 0.2) is 0 Å². The van der Waals surface area contributed by atoms with E-state index in [2.05, 4.69) is 25.8 Å². The van der Waals surface area contributed by atoms with E-state index < -0.39 is 0 Å². The zero-order chi connectivity index (χ0) is 11.4. The van der Waals surface area contributed by atoms with Crippen molar-refractivity contribution in [1.29, 1.82) is 0 Å². The number of amides is 1. The number of piperidine rings is 1. The first-order chi connectivity index (χ1) is 7.71. The maximum atomic E-state index is 12.0. The van der Waals surface area contributed by atoms with Crippen molar-refractivity contribution in [3.8, 4) is 0 Å². The van der Waals surface area contributed by atoms with Gasteiger partial charge in [0.25, 0.3) is 0 Å². The Morgan fingerprint density at radius 3 is 3.19 bits per heavy atom. The number of carbonyl (C=O) groups is 1. The van der Waals surface area contributed by atoms with Crippen molar-refractivity contribution in [3.05, 3.63) is 12.2 Å². The second-order valence-corrected chi connectivity index (χ2v) is 4.46. The van der Waals surface area contributed by atoms with Crippen LogP contribution >= 0.6 is 0 Å². The van der Waals surface area contributed by atoms with Crippen molar-refractivity contribution in [3.63, 3.8) is 0 Å². The number of nitrogens with zero attached hydrogens (tertiary/aromatic N) is 2. The second kappa shape index (κ2) is 4.61. The molecule has 0 spiro atoms. The van der Waals surface area contributed by atoms with Crippen LogP contribution in [-0.2, 0) is 11.3 Å². The van der Waals surface area contributed by atoms with Crippen LogP contribution in [0.25, 0.3) is 0 Å². The molecule has 1 aromatic rings. The number of carbonyl (C=O) groups excluding carboxylic acids is 1. The fourth-order valence-corrected chi connectivity index (χ4v) is 1.94. The minimum atomic E-state index is -0.293. The molecule has 1 aliphatic rings. The highest BCUT2D eigenvalue weighted by Crippen LogP contribution is 2.25. The maximum absolute atomic E-state index is 12.0. The second-order valence-electron chi connectivity index (χ2n) is 4.46. The highest BCUT2D eigenvalue weighted by Gasteiger charge is 2.34. The SMILES string of the molecule is CC1(C(=O)NCc2ncn[nH]2)CCCNC1. The minimum absolute atomic E-state index is 0.0797. The number of H-pyrrole nitrogens is 1. The first-order valence-corrected chi connectivity index (χ1v) is 5.54. The van der Waals surface area contributed by atoms with Crippen LogP contribution in [0.4, 0.5) is 0 Å². The van der Waals surface area contributed by atoms with E-state index in [0.29, 0.717) is 12.4 Å². The first kappa shape index (κ1) is 11.1. The van der Waals surface area contributed by atoms with E-state index in [9.17, 15) is 4.79 Å². The van der Waals surface area contributed by atoms with Crippen LogP contribution in [0.5, 0.6) is 0 Å². The summed E-state index contributed by atoms with van der Waals surface area (Å²) in [5.74, 6) is 0.761. The van der Waals surface area contributed by atoms with Gasteiger partial charge in [0.2, 0.25) is 5.91 Å². The predicted octanol–water partition coefficient (Wildman–Crippen LogP) is -0.189. The van der Waals surface area contributed by atoms with Gasteiger partial charge >= 0.3 is 0 Å². The third-order valence-corrected chi connectivity index (χ3v) is 3.03. The highest BCUT2D eigenvalue weighted by atomic mass is 16.2. The summed E-state index contributed by atoms with van der Waals surface area (Å²) in [6, 6.07) is 0. The molecular formula is C10H17N5O. The van der Waals surface area contributed by atoms with Gasteiger partial charge in [0.1, 0.15) is 12.2 Å². The summed E-state index contributed by atoms with van der Waals surface area (Å²) in [4.78, 5) is 16.0. The molecule has 1 aromatic heterocycles. The van der Waals surface area contributed by atoms with Gasteiger partial charge in [-0.3, -0.25) is 9.89 Å². The van der Waals surface area contributed by atoms with Crippen LogP contribution in [0.2, 0.25) is 0 Å². The third-order valence-electron chi connectivity index (χ3n) is 3.03. The quantitative estimate of drug-likeness (QED) is 0.663. The Bertz CT molecular complexity index is 342. The lowest BCUT2D eigenvalue weighted by molar-refractivity contribution is -0.131. The summed E-state index contributed by atoms with van der Waals surface area (Å²) in [6.45, 7) is 4.16. The van der Waals surface area contributed by atoms with Crippen LogP contribution < -0.4 is 10.6 Å². The molecule has 0 aliphatic carbocycles. The van der Waals surface area contributed by atoms with Crippen LogP contribution in [0.15, 0.2) is 6.33 Å². The molecule has 2 heterocycles. The summed E-state index contributed by atoms with van der Waals surface area (Å²) in [5, 5.41) is 12.6. The first-order valence-electron chi connectivity index (χ1n) is 5.54. The van der Waals surface area contributed by atoms with Crippen molar-refractivity contribution >= 4 is 5.91 Å². The molecular weight excluding hydrogens is 206 g/mol. The zero-order valence-electron chi connectivity index (χ0n) is 9.42. The molecule has 6 nitrogen and oxygen atoms in total. The summed E-state index contributed by atoms with van der Waals surface area (Å²) in [6.07, 6.45) is 3.42. The molecule has 2 rings (SSSR count). The fourth-order valence-electron chi connectivity index (χ4n) is 1.94. The molecule has 1 fully saturated rings. The number of aromatic nitrogens is 3. The molecule has 3 N–H and O–H groups in total. The highest BCUT2D eigenvalue weighted by molar-refractivity contribution is 5.82. The molecule has 1 unspecified atom stereocenters. The number of rotatable bonds is 3. The minimum Gasteiger partial charge on any atom is -0.348 e. The monoisotopic (exact) mass is 223 g/mol. The van der Waals surface area contributed by atoms with Gasteiger partial charge < -0.3 is 10.6 Å². The van der Waals surface area contributed by atoms with Crippen molar-refractivity contribution in [2.45, 2.75) is 26.3 Å². The lowest BCUT2D eigenvalue weighted by Gasteiger charge is -2.32. The Kier molecular flexibility index (Phi) is 3.19. The van der Waals surface area contributed by atoms with Gasteiger partial charge in [-0.15, -0.1) is 0 Å². The largest absolute Gasteiger partial charge is 0.348 e. The summed E-state index contributed by atoms with van der Waals surface area (Å²) >= 11 is 0. The van der Waals surface area contributed by atoms with E-state index in [4.69, 9.17) is 0 Å². The molecule has 88 valence electrons. The standard InChI is InChI=1S/C10H17N5O/c1-10(3-2-4-11-6-10)9(16)12-5-8-13-7-14-15-8/h7,11H,2-6H2,1H3,(H,12,16)(H,13,14,15). The average Bonchev–Trinajstić information content (AvgIpc) is 2.79. The molecule has 0 bridgehead atoms. The van der Waals surface area contributed by atoms with Crippen molar-refractivity contribution in [2.75, 3.05) is 13.1 Å². The van der Waals surface area contributed by atoms with Crippen LogP contribution in [0, 0.1) is 5.41 Å². The van der Waals surface area contributed by atoms with Gasteiger partial charge in [-0.2, -0.15) is 5.10 Å². The predicted molar refractivity (Wildman–Crippen MR) is 58.4 cm³/mol. The molecule has 1 aliphatic heterocycles. The number of aromatic amines is 1. The molecule has 0 aromatic carbocycles. The molecule has 1 atom stereocenters. The smallest absolute Gasteiger partial charge is 0.227 e. The summed E-state index contributed by atoms with van der Waals surface area (Å²) in [7, 11) is 0. The van der Waals surface area contributed by atoms with Crippen molar-refractivity contribution in [1.82, 2.24) is 25.8 Å². The third kappa shape index (κ3) is 2.38. The van der Waals surface area contributed by atoms with E-state index in [1.165, 1.54) is 6.33 Å². The Labute approximate surface area is 94.2 Å². The Morgan fingerprint density at radius 2 is 2.56 bits per heavy atom.